The van der Waals surface area contributed by atoms with Crippen LogP contribution in [0.4, 0.5) is 4.39 Å². The number of fused-ring (bicyclic) bond motifs is 2. The summed E-state index contributed by atoms with van der Waals surface area (Å²) in [7, 11) is 4.11. The maximum Gasteiger partial charge on any atom is 0.123 e. The van der Waals surface area contributed by atoms with Gasteiger partial charge in [0.1, 0.15) is 11.5 Å². The van der Waals surface area contributed by atoms with E-state index in [1.807, 2.05) is 36.7 Å². The van der Waals surface area contributed by atoms with Crippen molar-refractivity contribution in [3.05, 3.63) is 96.6 Å². The van der Waals surface area contributed by atoms with Crippen molar-refractivity contribution in [2.24, 2.45) is 0 Å². The van der Waals surface area contributed by atoms with Crippen molar-refractivity contribution in [1.29, 1.82) is 0 Å². The average Bonchev–Trinajstić information content (AvgIpc) is 3.48. The van der Waals surface area contributed by atoms with Gasteiger partial charge in [0, 0.05) is 40.8 Å². The smallest absolute Gasteiger partial charge is 0.123 e. The molecule has 3 heterocycles. The van der Waals surface area contributed by atoms with Gasteiger partial charge in [0.25, 0.3) is 0 Å². The maximum atomic E-state index is 13.5. The van der Waals surface area contributed by atoms with Gasteiger partial charge < -0.3 is 9.88 Å². The van der Waals surface area contributed by atoms with Gasteiger partial charge in [-0.25, -0.2) is 4.39 Å². The number of rotatable bonds is 5. The highest BCUT2D eigenvalue weighted by Crippen LogP contribution is 2.35. The number of H-pyrrole nitrogens is 2. The molecule has 3 aromatic heterocycles. The molecule has 0 bridgehead atoms. The molecule has 0 aliphatic rings. The van der Waals surface area contributed by atoms with E-state index in [0.717, 1.165) is 62.0 Å². The Bertz CT molecular complexity index is 1660. The zero-order valence-corrected chi connectivity index (χ0v) is 19.5. The number of aromatic amines is 2. The quantitative estimate of drug-likeness (QED) is 0.302. The van der Waals surface area contributed by atoms with Gasteiger partial charge in [0.05, 0.1) is 11.2 Å². The molecule has 6 rings (SSSR count). The van der Waals surface area contributed by atoms with Gasteiger partial charge in [0.2, 0.25) is 0 Å². The number of nitrogens with zero attached hydrogens (tertiary/aromatic N) is 3. The third kappa shape index (κ3) is 3.98. The fourth-order valence-corrected chi connectivity index (χ4v) is 4.66. The molecular formula is C29H24FN5. The molecule has 6 aromatic rings. The number of halogens is 1. The minimum atomic E-state index is -0.239. The lowest BCUT2D eigenvalue weighted by molar-refractivity contribution is 0.402. The topological polar surface area (TPSA) is 60.6 Å². The Kier molecular flexibility index (Phi) is 5.16. The standard InChI is InChI=1S/C29H24FN5/c1-35(2)17-18-12-21(16-31-15-18)20-8-11-27-25(13-20)29(34-33-27)28-14-24-23(4-3-5-26(24)32-28)19-6-9-22(30)10-7-19/h3-16,32H,17H2,1-2H3,(H,33,34). The first kappa shape index (κ1) is 21.3. The molecule has 35 heavy (non-hydrogen) atoms. The van der Waals surface area contributed by atoms with Gasteiger partial charge in [-0.2, -0.15) is 5.10 Å². The van der Waals surface area contributed by atoms with Gasteiger partial charge >= 0.3 is 0 Å². The Labute approximate surface area is 202 Å². The van der Waals surface area contributed by atoms with E-state index in [9.17, 15) is 4.39 Å². The lowest BCUT2D eigenvalue weighted by atomic mass is 10.0. The normalized spacial score (nSPS) is 11.7. The van der Waals surface area contributed by atoms with E-state index in [4.69, 9.17) is 0 Å². The summed E-state index contributed by atoms with van der Waals surface area (Å²) in [5, 5.41) is 9.91. The predicted molar refractivity (Wildman–Crippen MR) is 139 cm³/mol. The van der Waals surface area contributed by atoms with E-state index >= 15 is 0 Å². The summed E-state index contributed by atoms with van der Waals surface area (Å²) in [6.45, 7) is 0.839. The van der Waals surface area contributed by atoms with Crippen molar-refractivity contribution in [2.75, 3.05) is 14.1 Å². The van der Waals surface area contributed by atoms with Gasteiger partial charge in [-0.1, -0.05) is 30.3 Å². The van der Waals surface area contributed by atoms with Crippen LogP contribution in [0.2, 0.25) is 0 Å². The van der Waals surface area contributed by atoms with Gasteiger partial charge in [-0.15, -0.1) is 0 Å². The molecule has 0 saturated carbocycles. The van der Waals surface area contributed by atoms with Crippen LogP contribution in [-0.4, -0.2) is 39.2 Å². The monoisotopic (exact) mass is 461 g/mol. The summed E-state index contributed by atoms with van der Waals surface area (Å²) in [6, 6.07) is 23.4. The molecular weight excluding hydrogens is 437 g/mol. The molecule has 0 aliphatic heterocycles. The molecule has 0 radical (unpaired) electrons. The zero-order valence-electron chi connectivity index (χ0n) is 19.5. The van der Waals surface area contributed by atoms with Crippen LogP contribution >= 0.6 is 0 Å². The van der Waals surface area contributed by atoms with Crippen molar-refractivity contribution < 1.29 is 4.39 Å². The SMILES string of the molecule is CN(C)Cc1cncc(-c2ccc3[nH]nc(-c4cc5c(-c6ccc(F)cc6)cccc5[nH]4)c3c2)c1. The van der Waals surface area contributed by atoms with Crippen molar-refractivity contribution in [3.8, 4) is 33.6 Å². The summed E-state index contributed by atoms with van der Waals surface area (Å²) in [5.41, 5.74) is 9.14. The van der Waals surface area contributed by atoms with Crippen LogP contribution in [0.1, 0.15) is 5.56 Å². The van der Waals surface area contributed by atoms with Crippen molar-refractivity contribution in [3.63, 3.8) is 0 Å². The molecule has 6 heteroatoms. The first-order chi connectivity index (χ1) is 17.0. The Balaban J connectivity index is 1.44. The molecule has 3 aromatic carbocycles. The van der Waals surface area contributed by atoms with Crippen LogP contribution in [-0.2, 0) is 6.54 Å². The highest BCUT2D eigenvalue weighted by atomic mass is 19.1. The first-order valence-corrected chi connectivity index (χ1v) is 11.5. The molecule has 0 atom stereocenters. The van der Waals surface area contributed by atoms with Gasteiger partial charge in [-0.05, 0) is 78.8 Å². The Morgan fingerprint density at radius 3 is 2.46 bits per heavy atom. The molecule has 5 nitrogen and oxygen atoms in total. The zero-order chi connectivity index (χ0) is 23.9. The minimum Gasteiger partial charge on any atom is -0.353 e. The number of hydrogen-bond donors (Lipinski definition) is 2. The Hall–Kier alpha value is -4.29. The molecule has 0 saturated heterocycles. The van der Waals surface area contributed by atoms with E-state index in [0.29, 0.717) is 0 Å². The molecule has 2 N–H and O–H groups in total. The fraction of sp³-hybridized carbons (Fsp3) is 0.103. The predicted octanol–water partition coefficient (Wildman–Crippen LogP) is 6.64. The molecule has 0 fully saturated rings. The lowest BCUT2D eigenvalue weighted by Crippen LogP contribution is -2.10. The molecule has 0 unspecified atom stereocenters. The van der Waals surface area contributed by atoms with E-state index < -0.39 is 0 Å². The van der Waals surface area contributed by atoms with E-state index in [1.54, 1.807) is 0 Å². The van der Waals surface area contributed by atoms with E-state index in [1.165, 1.54) is 17.7 Å². The van der Waals surface area contributed by atoms with Gasteiger partial charge in [0.15, 0.2) is 0 Å². The third-order valence-corrected chi connectivity index (χ3v) is 6.26. The fourth-order valence-electron chi connectivity index (χ4n) is 4.66. The van der Waals surface area contributed by atoms with E-state index in [-0.39, 0.29) is 5.82 Å². The average molecular weight is 462 g/mol. The van der Waals surface area contributed by atoms with E-state index in [2.05, 4.69) is 75.6 Å². The summed E-state index contributed by atoms with van der Waals surface area (Å²) < 4.78 is 13.5. The van der Waals surface area contributed by atoms with Gasteiger partial charge in [-0.3, -0.25) is 10.1 Å². The van der Waals surface area contributed by atoms with Crippen molar-refractivity contribution in [1.82, 2.24) is 25.1 Å². The number of aromatic nitrogens is 4. The van der Waals surface area contributed by atoms with Crippen molar-refractivity contribution in [2.45, 2.75) is 6.54 Å². The molecule has 172 valence electrons. The van der Waals surface area contributed by atoms with Crippen LogP contribution in [0.5, 0.6) is 0 Å². The minimum absolute atomic E-state index is 0.239. The second-order valence-electron chi connectivity index (χ2n) is 9.11. The molecule has 0 amide bonds. The van der Waals surface area contributed by atoms with Crippen LogP contribution in [0.15, 0.2) is 85.2 Å². The highest BCUT2D eigenvalue weighted by molar-refractivity contribution is 6.01. The Morgan fingerprint density at radius 1 is 0.800 bits per heavy atom. The van der Waals surface area contributed by atoms with Crippen molar-refractivity contribution >= 4 is 21.8 Å². The molecule has 0 aliphatic carbocycles. The summed E-state index contributed by atoms with van der Waals surface area (Å²) >= 11 is 0. The summed E-state index contributed by atoms with van der Waals surface area (Å²) in [5.74, 6) is -0.239. The van der Waals surface area contributed by atoms with Crippen LogP contribution in [0, 0.1) is 5.82 Å². The number of nitrogens with one attached hydrogen (secondary N) is 2. The first-order valence-electron chi connectivity index (χ1n) is 11.5. The Morgan fingerprint density at radius 2 is 1.63 bits per heavy atom. The lowest BCUT2D eigenvalue weighted by Gasteiger charge is -2.10. The molecule has 0 spiro atoms. The largest absolute Gasteiger partial charge is 0.353 e. The number of hydrogen-bond acceptors (Lipinski definition) is 3. The number of benzene rings is 3. The number of pyridine rings is 1. The van der Waals surface area contributed by atoms with Crippen LogP contribution in [0.3, 0.4) is 0 Å². The van der Waals surface area contributed by atoms with Crippen LogP contribution in [0.25, 0.3) is 55.4 Å². The second kappa shape index (κ2) is 8.49. The van der Waals surface area contributed by atoms with Crippen LogP contribution < -0.4 is 0 Å². The third-order valence-electron chi connectivity index (χ3n) is 6.26. The maximum absolute atomic E-state index is 13.5. The second-order valence-corrected chi connectivity index (χ2v) is 9.11. The highest BCUT2D eigenvalue weighted by Gasteiger charge is 2.14. The summed E-state index contributed by atoms with van der Waals surface area (Å²) in [6.07, 6.45) is 3.81. The summed E-state index contributed by atoms with van der Waals surface area (Å²) in [4.78, 5) is 10.1.